The van der Waals surface area contributed by atoms with E-state index in [0.717, 1.165) is 10.7 Å². The van der Waals surface area contributed by atoms with Gasteiger partial charge in [0, 0.05) is 4.47 Å². The lowest BCUT2D eigenvalue weighted by Gasteiger charge is -2.13. The number of ether oxygens (including phenoxy) is 2. The average molecular weight is 571 g/mol. The number of aromatic nitrogens is 2. The summed E-state index contributed by atoms with van der Waals surface area (Å²) in [6.45, 7) is 1.59. The summed E-state index contributed by atoms with van der Waals surface area (Å²) in [4.78, 5) is 25.1. The number of carbonyl (C=O) groups is 1. The Balaban J connectivity index is 1.67. The molecule has 9 nitrogen and oxygen atoms in total. The maximum atomic E-state index is 13.0. The lowest BCUT2D eigenvalue weighted by Crippen LogP contribution is -2.26. The van der Waals surface area contributed by atoms with Crippen molar-refractivity contribution in [1.29, 1.82) is 0 Å². The molecule has 0 atom stereocenters. The van der Waals surface area contributed by atoms with E-state index in [9.17, 15) is 18.0 Å². The molecule has 0 bridgehead atoms. The van der Waals surface area contributed by atoms with Crippen LogP contribution >= 0.6 is 15.9 Å². The Morgan fingerprint density at radius 2 is 1.64 bits per heavy atom. The zero-order chi connectivity index (χ0) is 25.7. The lowest BCUT2D eigenvalue weighted by atomic mass is 10.3. The van der Waals surface area contributed by atoms with Crippen LogP contribution in [0.1, 0.15) is 17.4 Å². The van der Waals surface area contributed by atoms with Gasteiger partial charge < -0.3 is 13.7 Å². The van der Waals surface area contributed by atoms with E-state index in [2.05, 4.69) is 21.0 Å². The Kier molecular flexibility index (Phi) is 7.51. The van der Waals surface area contributed by atoms with Gasteiger partial charge in [-0.05, 0) is 61.5 Å². The van der Waals surface area contributed by atoms with Crippen molar-refractivity contribution in [1.82, 2.24) is 9.78 Å². The van der Waals surface area contributed by atoms with Crippen LogP contribution in [-0.2, 0) is 14.9 Å². The molecule has 3 aromatic carbocycles. The highest BCUT2D eigenvalue weighted by Crippen LogP contribution is 2.26. The molecule has 36 heavy (non-hydrogen) atoms. The Labute approximate surface area is 215 Å². The zero-order valence-corrected chi connectivity index (χ0v) is 21.2. The Morgan fingerprint density at radius 1 is 0.944 bits per heavy atom. The van der Waals surface area contributed by atoms with E-state index in [0.29, 0.717) is 21.7 Å². The van der Waals surface area contributed by atoms with Crippen LogP contribution in [0.2, 0.25) is 0 Å². The van der Waals surface area contributed by atoms with Gasteiger partial charge in [0.15, 0.2) is 5.75 Å². The Morgan fingerprint density at radius 3 is 2.31 bits per heavy atom. The minimum atomic E-state index is -4.43. The van der Waals surface area contributed by atoms with E-state index in [1.165, 1.54) is 24.3 Å². The molecule has 0 unspecified atom stereocenters. The molecule has 4 aromatic rings. The van der Waals surface area contributed by atoms with Gasteiger partial charge in [0.2, 0.25) is 5.69 Å². The number of hydrogen-bond donors (Lipinski definition) is 0. The maximum absolute atomic E-state index is 13.0. The Bertz CT molecular complexity index is 1550. The number of hydrogen-bond acceptors (Lipinski definition) is 8. The molecule has 0 aliphatic heterocycles. The largest absolute Gasteiger partial charge is 0.461 e. The standard InChI is InChI=1S/C25H19BrN2O7S/c1-2-33-25(30)24-22(16-23(29)28(27-24)18-8-6-7-17(26)15-18)35-36(31,32)21-13-11-20(12-14-21)34-19-9-4-3-5-10-19/h3-16H,2H2,1H3. The molecular formula is C25H19BrN2O7S. The second-order valence-corrected chi connectivity index (χ2v) is 9.69. The van der Waals surface area contributed by atoms with Gasteiger partial charge in [-0.2, -0.15) is 18.2 Å². The molecule has 0 amide bonds. The normalized spacial score (nSPS) is 11.1. The van der Waals surface area contributed by atoms with Crippen molar-refractivity contribution in [3.05, 3.63) is 105 Å². The van der Waals surface area contributed by atoms with Gasteiger partial charge in [0.25, 0.3) is 5.56 Å². The average Bonchev–Trinajstić information content (AvgIpc) is 2.85. The first-order valence-corrected chi connectivity index (χ1v) is 12.8. The molecule has 0 aliphatic rings. The summed E-state index contributed by atoms with van der Waals surface area (Å²) < 4.78 is 43.4. The fourth-order valence-corrected chi connectivity index (χ4v) is 4.42. The van der Waals surface area contributed by atoms with Crippen molar-refractivity contribution >= 4 is 32.0 Å². The summed E-state index contributed by atoms with van der Waals surface area (Å²) in [5.74, 6) is -0.501. The van der Waals surface area contributed by atoms with Gasteiger partial charge in [-0.3, -0.25) is 4.79 Å². The Hall–Kier alpha value is -3.96. The molecule has 4 rings (SSSR count). The molecule has 1 aromatic heterocycles. The van der Waals surface area contributed by atoms with Crippen molar-refractivity contribution in [2.45, 2.75) is 11.8 Å². The molecule has 1 heterocycles. The second kappa shape index (κ2) is 10.8. The van der Waals surface area contributed by atoms with Gasteiger partial charge in [-0.25, -0.2) is 4.79 Å². The summed E-state index contributed by atoms with van der Waals surface area (Å²) >= 11 is 3.31. The van der Waals surface area contributed by atoms with Crippen LogP contribution in [0.5, 0.6) is 17.2 Å². The van der Waals surface area contributed by atoms with Crippen LogP contribution < -0.4 is 14.5 Å². The van der Waals surface area contributed by atoms with Gasteiger partial charge in [0.1, 0.15) is 16.4 Å². The number of carbonyl (C=O) groups excluding carboxylic acids is 1. The lowest BCUT2D eigenvalue weighted by molar-refractivity contribution is 0.0515. The predicted molar refractivity (Wildman–Crippen MR) is 134 cm³/mol. The number of rotatable bonds is 8. The summed E-state index contributed by atoms with van der Waals surface area (Å²) in [6, 6.07) is 22.0. The third-order valence-corrected chi connectivity index (χ3v) is 6.45. The van der Waals surface area contributed by atoms with Crippen LogP contribution in [0.25, 0.3) is 5.69 Å². The van der Waals surface area contributed by atoms with Crippen LogP contribution in [-0.4, -0.2) is 30.8 Å². The van der Waals surface area contributed by atoms with Crippen LogP contribution in [0.3, 0.4) is 0 Å². The minimum Gasteiger partial charge on any atom is -0.461 e. The minimum absolute atomic E-state index is 0.00555. The van der Waals surface area contributed by atoms with Crippen molar-refractivity contribution in [2.75, 3.05) is 6.61 Å². The molecule has 0 spiro atoms. The van der Waals surface area contributed by atoms with Crippen LogP contribution in [0, 0.1) is 0 Å². The molecular weight excluding hydrogens is 552 g/mol. The van der Waals surface area contributed by atoms with Crippen molar-refractivity contribution < 1.29 is 26.9 Å². The molecule has 11 heteroatoms. The molecule has 0 radical (unpaired) electrons. The van der Waals surface area contributed by atoms with E-state index >= 15 is 0 Å². The first-order valence-electron chi connectivity index (χ1n) is 10.6. The van der Waals surface area contributed by atoms with Gasteiger partial charge in [-0.1, -0.05) is 40.2 Å². The third-order valence-electron chi connectivity index (χ3n) is 4.71. The molecule has 0 fully saturated rings. The fourth-order valence-electron chi connectivity index (χ4n) is 3.10. The fraction of sp³-hybridized carbons (Fsp3) is 0.0800. The first-order chi connectivity index (χ1) is 17.3. The molecule has 0 saturated heterocycles. The summed E-state index contributed by atoms with van der Waals surface area (Å²) in [5.41, 5.74) is -0.828. The van der Waals surface area contributed by atoms with E-state index < -0.39 is 33.1 Å². The number of halogens is 1. The first kappa shape index (κ1) is 25.1. The van der Waals surface area contributed by atoms with Crippen molar-refractivity contribution in [3.63, 3.8) is 0 Å². The number of para-hydroxylation sites is 1. The molecule has 184 valence electrons. The topological polar surface area (TPSA) is 114 Å². The van der Waals surface area contributed by atoms with E-state index in [1.807, 2.05) is 18.2 Å². The van der Waals surface area contributed by atoms with Gasteiger partial charge in [-0.15, -0.1) is 0 Å². The van der Waals surface area contributed by atoms with E-state index in [1.54, 1.807) is 43.3 Å². The smallest absolute Gasteiger partial charge is 0.362 e. The van der Waals surface area contributed by atoms with Gasteiger partial charge >= 0.3 is 16.1 Å². The van der Waals surface area contributed by atoms with E-state index in [4.69, 9.17) is 13.7 Å². The van der Waals surface area contributed by atoms with E-state index in [-0.39, 0.29) is 11.5 Å². The monoisotopic (exact) mass is 570 g/mol. The number of benzene rings is 3. The molecule has 0 saturated carbocycles. The highest BCUT2D eigenvalue weighted by molar-refractivity contribution is 9.10. The summed E-state index contributed by atoms with van der Waals surface area (Å²) in [7, 11) is -4.43. The highest BCUT2D eigenvalue weighted by Gasteiger charge is 2.25. The summed E-state index contributed by atoms with van der Waals surface area (Å²) in [6.07, 6.45) is 0. The van der Waals surface area contributed by atoms with Crippen molar-refractivity contribution in [3.8, 4) is 22.9 Å². The quantitative estimate of drug-likeness (QED) is 0.220. The number of nitrogens with zero attached hydrogens (tertiary/aromatic N) is 2. The maximum Gasteiger partial charge on any atom is 0.362 e. The summed E-state index contributed by atoms with van der Waals surface area (Å²) in [5, 5.41) is 4.04. The van der Waals surface area contributed by atoms with Crippen molar-refractivity contribution in [2.24, 2.45) is 0 Å². The molecule has 0 N–H and O–H groups in total. The highest BCUT2D eigenvalue weighted by atomic mass is 79.9. The molecule has 0 aliphatic carbocycles. The third kappa shape index (κ3) is 5.81. The van der Waals surface area contributed by atoms with Crippen LogP contribution in [0.4, 0.5) is 0 Å². The zero-order valence-electron chi connectivity index (χ0n) is 18.8. The second-order valence-electron chi connectivity index (χ2n) is 7.23. The van der Waals surface area contributed by atoms with Crippen LogP contribution in [0.15, 0.2) is 99.1 Å². The van der Waals surface area contributed by atoms with Gasteiger partial charge in [0.05, 0.1) is 18.4 Å². The number of esters is 1. The SMILES string of the molecule is CCOC(=O)c1nn(-c2cccc(Br)c2)c(=O)cc1OS(=O)(=O)c1ccc(Oc2ccccc2)cc1. The predicted octanol–water partition coefficient (Wildman–Crippen LogP) is 4.73.